The number of aliphatic imine (C=N–C) groups is 1. The van der Waals surface area contributed by atoms with Crippen molar-refractivity contribution in [2.24, 2.45) is 4.99 Å². The predicted octanol–water partition coefficient (Wildman–Crippen LogP) is 2.97. The summed E-state index contributed by atoms with van der Waals surface area (Å²) >= 11 is 3.95. The van der Waals surface area contributed by atoms with Crippen molar-refractivity contribution in [3.8, 4) is 0 Å². The second kappa shape index (κ2) is 13.4. The van der Waals surface area contributed by atoms with Gasteiger partial charge in [-0.05, 0) is 25.5 Å². The minimum absolute atomic E-state index is 0. The third-order valence-electron chi connectivity index (χ3n) is 2.60. The second-order valence-electron chi connectivity index (χ2n) is 4.15. The molecule has 0 aromatic rings. The molecule has 0 spiro atoms. The Morgan fingerprint density at radius 2 is 2.37 bits per heavy atom. The van der Waals surface area contributed by atoms with E-state index >= 15 is 0 Å². The number of nitrogens with zero attached hydrogens (tertiary/aromatic N) is 1. The Kier molecular flexibility index (Phi) is 13.7. The first-order valence-electron chi connectivity index (χ1n) is 6.69. The fourth-order valence-corrected chi connectivity index (χ4v) is 3.49. The highest BCUT2D eigenvalue weighted by molar-refractivity contribution is 14.0. The van der Waals surface area contributed by atoms with Crippen LogP contribution < -0.4 is 10.6 Å². The highest BCUT2D eigenvalue weighted by Crippen LogP contribution is 2.25. The summed E-state index contributed by atoms with van der Waals surface area (Å²) in [6.07, 6.45) is 4.62. The summed E-state index contributed by atoms with van der Waals surface area (Å²) in [4.78, 5) is 4.66. The number of guanidine groups is 1. The third-order valence-corrected chi connectivity index (χ3v) is 4.94. The van der Waals surface area contributed by atoms with Crippen molar-refractivity contribution in [3.63, 3.8) is 0 Å². The van der Waals surface area contributed by atoms with Crippen molar-refractivity contribution < 1.29 is 0 Å². The summed E-state index contributed by atoms with van der Waals surface area (Å²) < 4.78 is 0. The maximum atomic E-state index is 4.66. The van der Waals surface area contributed by atoms with Gasteiger partial charge in [0, 0.05) is 29.8 Å². The number of hydrogen-bond donors (Lipinski definition) is 2. The van der Waals surface area contributed by atoms with Gasteiger partial charge in [0.05, 0.1) is 6.54 Å². The van der Waals surface area contributed by atoms with E-state index in [0.717, 1.165) is 42.3 Å². The minimum Gasteiger partial charge on any atom is -0.357 e. The third kappa shape index (κ3) is 9.90. The molecule has 0 aromatic heterocycles. The molecule has 3 nitrogen and oxygen atoms in total. The van der Waals surface area contributed by atoms with Gasteiger partial charge < -0.3 is 10.6 Å². The molecule has 1 unspecified atom stereocenters. The van der Waals surface area contributed by atoms with Crippen molar-refractivity contribution in [2.75, 3.05) is 36.9 Å². The first kappa shape index (κ1) is 19.4. The lowest BCUT2D eigenvalue weighted by molar-refractivity contribution is 0.770. The maximum Gasteiger partial charge on any atom is 0.191 e. The molecule has 0 bridgehead atoms. The average molecular weight is 415 g/mol. The Hall–Kier alpha value is 0.440. The lowest BCUT2D eigenvalue weighted by Gasteiger charge is -2.12. The molecule has 0 radical (unpaired) electrons. The zero-order valence-electron chi connectivity index (χ0n) is 11.7. The molecule has 1 atom stereocenters. The van der Waals surface area contributed by atoms with Crippen LogP contribution in [0.4, 0.5) is 0 Å². The van der Waals surface area contributed by atoms with Crippen LogP contribution >= 0.6 is 47.5 Å². The van der Waals surface area contributed by atoms with Gasteiger partial charge in [-0.25, -0.2) is 0 Å². The topological polar surface area (TPSA) is 36.4 Å². The number of rotatable bonds is 8. The minimum atomic E-state index is 0. The molecule has 112 valence electrons. The van der Waals surface area contributed by atoms with Crippen LogP contribution in [-0.4, -0.2) is 48.1 Å². The van der Waals surface area contributed by atoms with Crippen LogP contribution in [0.2, 0.25) is 0 Å². The molecule has 1 heterocycles. The van der Waals surface area contributed by atoms with Gasteiger partial charge >= 0.3 is 0 Å². The molecule has 1 saturated heterocycles. The van der Waals surface area contributed by atoms with Crippen LogP contribution in [0, 0.1) is 0 Å². The van der Waals surface area contributed by atoms with E-state index in [0.29, 0.717) is 0 Å². The van der Waals surface area contributed by atoms with Gasteiger partial charge in [-0.15, -0.1) is 30.6 Å². The molecular weight excluding hydrogens is 389 g/mol. The molecule has 2 N–H and O–H groups in total. The molecule has 0 saturated carbocycles. The average Bonchev–Trinajstić information content (AvgIpc) is 2.88. The molecule has 1 aliphatic heterocycles. The summed E-state index contributed by atoms with van der Waals surface area (Å²) in [6, 6.07) is 0. The van der Waals surface area contributed by atoms with Gasteiger partial charge in [0.15, 0.2) is 5.96 Å². The lowest BCUT2D eigenvalue weighted by atomic mass is 10.2. The van der Waals surface area contributed by atoms with Gasteiger partial charge in [0.1, 0.15) is 0 Å². The second-order valence-corrected chi connectivity index (χ2v) is 6.70. The van der Waals surface area contributed by atoms with Crippen molar-refractivity contribution in [2.45, 2.75) is 25.0 Å². The van der Waals surface area contributed by atoms with E-state index < -0.39 is 0 Å². The quantitative estimate of drug-likeness (QED) is 0.210. The van der Waals surface area contributed by atoms with Gasteiger partial charge in [-0.1, -0.05) is 6.08 Å². The summed E-state index contributed by atoms with van der Waals surface area (Å²) in [6.45, 7) is 8.65. The number of hydrogen-bond acceptors (Lipinski definition) is 3. The van der Waals surface area contributed by atoms with Gasteiger partial charge in [-0.2, -0.15) is 23.5 Å². The zero-order chi connectivity index (χ0) is 13.1. The Balaban J connectivity index is 0.00000324. The number of halogens is 1. The number of nitrogens with one attached hydrogen (secondary N) is 2. The fraction of sp³-hybridized carbons (Fsp3) is 0.769. The molecular formula is C13H26IN3S2. The van der Waals surface area contributed by atoms with Gasteiger partial charge in [0.2, 0.25) is 0 Å². The fourth-order valence-electron chi connectivity index (χ4n) is 1.73. The van der Waals surface area contributed by atoms with Crippen LogP contribution in [0.25, 0.3) is 0 Å². The SMILES string of the molecule is C=CCSCCNC(=NCC1CCCS1)NCC.I. The first-order chi connectivity index (χ1) is 8.86. The molecule has 0 amide bonds. The Bertz CT molecular complexity index is 256. The maximum absolute atomic E-state index is 4.66. The standard InChI is InChI=1S/C13H25N3S2.HI/c1-3-8-17-10-7-15-13(14-4-2)16-11-12-6-5-9-18-12;/h3,12H,1,4-11H2,2H3,(H2,14,15,16);1H. The molecule has 19 heavy (non-hydrogen) atoms. The van der Waals surface area contributed by atoms with E-state index in [9.17, 15) is 0 Å². The Morgan fingerprint density at radius 1 is 1.53 bits per heavy atom. The molecule has 1 aliphatic rings. The Labute approximate surface area is 143 Å². The van der Waals surface area contributed by atoms with Crippen LogP contribution in [0.1, 0.15) is 19.8 Å². The smallest absolute Gasteiger partial charge is 0.191 e. The summed E-state index contributed by atoms with van der Waals surface area (Å²) in [7, 11) is 0. The molecule has 1 fully saturated rings. The van der Waals surface area contributed by atoms with E-state index in [4.69, 9.17) is 0 Å². The highest BCUT2D eigenvalue weighted by Gasteiger charge is 2.14. The van der Waals surface area contributed by atoms with Crippen LogP contribution in [0.5, 0.6) is 0 Å². The number of thioether (sulfide) groups is 2. The van der Waals surface area contributed by atoms with Crippen LogP contribution in [-0.2, 0) is 0 Å². The van der Waals surface area contributed by atoms with Crippen molar-refractivity contribution >= 4 is 53.5 Å². The largest absolute Gasteiger partial charge is 0.357 e. The summed E-state index contributed by atoms with van der Waals surface area (Å²) in [5.74, 6) is 4.38. The molecule has 0 aromatic carbocycles. The van der Waals surface area contributed by atoms with Crippen LogP contribution in [0.15, 0.2) is 17.6 Å². The first-order valence-corrected chi connectivity index (χ1v) is 8.89. The molecule has 6 heteroatoms. The predicted molar refractivity (Wildman–Crippen MR) is 102 cm³/mol. The Morgan fingerprint density at radius 3 is 3.00 bits per heavy atom. The van der Waals surface area contributed by atoms with E-state index in [-0.39, 0.29) is 24.0 Å². The zero-order valence-corrected chi connectivity index (χ0v) is 15.7. The van der Waals surface area contributed by atoms with E-state index in [2.05, 4.69) is 40.9 Å². The van der Waals surface area contributed by atoms with E-state index in [1.807, 2.05) is 17.8 Å². The van der Waals surface area contributed by atoms with Gasteiger partial charge in [0.25, 0.3) is 0 Å². The van der Waals surface area contributed by atoms with Crippen molar-refractivity contribution in [1.29, 1.82) is 0 Å². The summed E-state index contributed by atoms with van der Waals surface area (Å²) in [5, 5.41) is 7.41. The van der Waals surface area contributed by atoms with E-state index in [1.54, 1.807) is 0 Å². The van der Waals surface area contributed by atoms with Crippen molar-refractivity contribution in [3.05, 3.63) is 12.7 Å². The molecule has 1 rings (SSSR count). The van der Waals surface area contributed by atoms with Crippen LogP contribution in [0.3, 0.4) is 0 Å². The molecule has 0 aliphatic carbocycles. The summed E-state index contributed by atoms with van der Waals surface area (Å²) in [5.41, 5.74) is 0. The van der Waals surface area contributed by atoms with Gasteiger partial charge in [-0.3, -0.25) is 4.99 Å². The lowest BCUT2D eigenvalue weighted by Crippen LogP contribution is -2.38. The van der Waals surface area contributed by atoms with E-state index in [1.165, 1.54) is 18.6 Å². The highest BCUT2D eigenvalue weighted by atomic mass is 127. The monoisotopic (exact) mass is 415 g/mol. The normalized spacial score (nSPS) is 18.8. The van der Waals surface area contributed by atoms with Crippen molar-refractivity contribution in [1.82, 2.24) is 10.6 Å².